The number of hydrogen-bond acceptors (Lipinski definition) is 4. The molecule has 0 saturated carbocycles. The zero-order chi connectivity index (χ0) is 11.5. The summed E-state index contributed by atoms with van der Waals surface area (Å²) < 4.78 is 5.15. The maximum Gasteiger partial charge on any atom is 0.159 e. The highest BCUT2D eigenvalue weighted by Crippen LogP contribution is 2.24. The highest BCUT2D eigenvalue weighted by molar-refractivity contribution is 5.38. The summed E-state index contributed by atoms with van der Waals surface area (Å²) in [6.07, 6.45) is 5.01. The molecule has 1 aromatic heterocycles. The topological polar surface area (TPSA) is 55.3 Å². The van der Waals surface area contributed by atoms with E-state index in [2.05, 4.69) is 23.9 Å². The van der Waals surface area contributed by atoms with Crippen LogP contribution < -0.4 is 5.73 Å². The Bertz CT molecular complexity index is 327. The Balaban J connectivity index is 1.84. The van der Waals surface area contributed by atoms with Gasteiger partial charge in [-0.1, -0.05) is 5.16 Å². The summed E-state index contributed by atoms with van der Waals surface area (Å²) in [7, 11) is 0. The minimum atomic E-state index is 0.663. The summed E-state index contributed by atoms with van der Waals surface area (Å²) in [5.41, 5.74) is 6.47. The van der Waals surface area contributed by atoms with Crippen molar-refractivity contribution >= 4 is 5.69 Å². The third kappa shape index (κ3) is 2.55. The average Bonchev–Trinajstić information content (AvgIpc) is 2.65. The number of hydrogen-bond donors (Lipinski definition) is 1. The first-order valence-corrected chi connectivity index (χ1v) is 6.10. The standard InChI is InChI=1S/C12H21N3O/c1-9(2)15-5-3-10(4-6-15)7-12-11(13)8-14-16-12/h8-10H,3-7,13H2,1-2H3. The van der Waals surface area contributed by atoms with Crippen molar-refractivity contribution in [2.75, 3.05) is 18.8 Å². The number of likely N-dealkylation sites (tertiary alicyclic amines) is 1. The monoisotopic (exact) mass is 223 g/mol. The Morgan fingerprint density at radius 2 is 2.19 bits per heavy atom. The van der Waals surface area contributed by atoms with Crippen LogP contribution in [0.4, 0.5) is 5.69 Å². The first-order chi connectivity index (χ1) is 7.66. The van der Waals surface area contributed by atoms with E-state index < -0.39 is 0 Å². The molecule has 0 amide bonds. The van der Waals surface area contributed by atoms with E-state index in [0.29, 0.717) is 17.6 Å². The zero-order valence-corrected chi connectivity index (χ0v) is 10.1. The van der Waals surface area contributed by atoms with Crippen molar-refractivity contribution in [1.82, 2.24) is 10.1 Å². The van der Waals surface area contributed by atoms with Gasteiger partial charge in [-0.15, -0.1) is 0 Å². The van der Waals surface area contributed by atoms with Crippen LogP contribution in [0.2, 0.25) is 0 Å². The van der Waals surface area contributed by atoms with Gasteiger partial charge in [0.1, 0.15) is 0 Å². The van der Waals surface area contributed by atoms with Crippen LogP contribution in [0, 0.1) is 5.92 Å². The molecule has 0 spiro atoms. The van der Waals surface area contributed by atoms with Gasteiger partial charge in [0.05, 0.1) is 11.9 Å². The minimum absolute atomic E-state index is 0.663. The summed E-state index contributed by atoms with van der Waals surface area (Å²) in [4.78, 5) is 2.53. The van der Waals surface area contributed by atoms with Gasteiger partial charge < -0.3 is 15.2 Å². The molecule has 1 aliphatic heterocycles. The molecule has 0 aromatic carbocycles. The van der Waals surface area contributed by atoms with Gasteiger partial charge in [-0.25, -0.2) is 0 Å². The van der Waals surface area contributed by atoms with Gasteiger partial charge in [0, 0.05) is 12.5 Å². The summed E-state index contributed by atoms with van der Waals surface area (Å²) in [6, 6.07) is 0.663. The Morgan fingerprint density at radius 1 is 1.50 bits per heavy atom. The SMILES string of the molecule is CC(C)N1CCC(Cc2oncc2N)CC1. The number of nitrogens with two attached hydrogens (primary N) is 1. The molecule has 2 rings (SSSR count). The number of rotatable bonds is 3. The van der Waals surface area contributed by atoms with Gasteiger partial charge in [0.25, 0.3) is 0 Å². The van der Waals surface area contributed by atoms with Gasteiger partial charge in [-0.3, -0.25) is 0 Å². The fourth-order valence-corrected chi connectivity index (χ4v) is 2.36. The van der Waals surface area contributed by atoms with Crippen molar-refractivity contribution in [3.8, 4) is 0 Å². The molecule has 4 nitrogen and oxygen atoms in total. The van der Waals surface area contributed by atoms with Crippen LogP contribution in [0.25, 0.3) is 0 Å². The summed E-state index contributed by atoms with van der Waals surface area (Å²) >= 11 is 0. The molecular weight excluding hydrogens is 202 g/mol. The third-order valence-electron chi connectivity index (χ3n) is 3.53. The van der Waals surface area contributed by atoms with Crippen LogP contribution in [0.5, 0.6) is 0 Å². The Labute approximate surface area is 96.8 Å². The Hall–Kier alpha value is -1.03. The van der Waals surface area contributed by atoms with Crippen molar-refractivity contribution in [2.45, 2.75) is 39.2 Å². The van der Waals surface area contributed by atoms with E-state index in [1.165, 1.54) is 25.9 Å². The van der Waals surface area contributed by atoms with Crippen molar-refractivity contribution in [3.63, 3.8) is 0 Å². The van der Waals surface area contributed by atoms with E-state index in [4.69, 9.17) is 10.3 Å². The van der Waals surface area contributed by atoms with Crippen LogP contribution in [0.1, 0.15) is 32.4 Å². The molecule has 4 heteroatoms. The summed E-state index contributed by atoms with van der Waals surface area (Å²) in [5, 5.41) is 3.72. The lowest BCUT2D eigenvalue weighted by Crippen LogP contribution is -2.38. The quantitative estimate of drug-likeness (QED) is 0.850. The second-order valence-electron chi connectivity index (χ2n) is 4.98. The predicted octanol–water partition coefficient (Wildman–Crippen LogP) is 1.92. The van der Waals surface area contributed by atoms with E-state index in [1.807, 2.05) is 0 Å². The van der Waals surface area contributed by atoms with E-state index in [-0.39, 0.29) is 0 Å². The average molecular weight is 223 g/mol. The van der Waals surface area contributed by atoms with E-state index in [9.17, 15) is 0 Å². The molecule has 1 fully saturated rings. The number of nitrogens with zero attached hydrogens (tertiary/aromatic N) is 2. The fraction of sp³-hybridized carbons (Fsp3) is 0.750. The summed E-state index contributed by atoms with van der Waals surface area (Å²) in [6.45, 7) is 6.90. The second kappa shape index (κ2) is 4.87. The minimum Gasteiger partial charge on any atom is -0.395 e. The molecule has 16 heavy (non-hydrogen) atoms. The molecule has 0 unspecified atom stereocenters. The van der Waals surface area contributed by atoms with Crippen molar-refractivity contribution in [3.05, 3.63) is 12.0 Å². The summed E-state index contributed by atoms with van der Waals surface area (Å²) in [5.74, 6) is 1.56. The van der Waals surface area contributed by atoms with E-state index in [1.54, 1.807) is 6.20 Å². The van der Waals surface area contributed by atoms with E-state index in [0.717, 1.165) is 12.2 Å². The highest BCUT2D eigenvalue weighted by atomic mass is 16.5. The van der Waals surface area contributed by atoms with Gasteiger partial charge in [-0.2, -0.15) is 0 Å². The number of piperidine rings is 1. The van der Waals surface area contributed by atoms with Crippen molar-refractivity contribution in [2.24, 2.45) is 5.92 Å². The first kappa shape index (κ1) is 11.5. The maximum atomic E-state index is 5.77. The van der Waals surface area contributed by atoms with Gasteiger partial charge >= 0.3 is 0 Å². The molecule has 0 radical (unpaired) electrons. The molecule has 0 aliphatic carbocycles. The van der Waals surface area contributed by atoms with Crippen molar-refractivity contribution in [1.29, 1.82) is 0 Å². The molecule has 1 aliphatic rings. The number of nitrogen functional groups attached to an aromatic ring is 1. The lowest BCUT2D eigenvalue weighted by atomic mass is 9.92. The van der Waals surface area contributed by atoms with Crippen LogP contribution in [-0.2, 0) is 6.42 Å². The van der Waals surface area contributed by atoms with Crippen LogP contribution in [-0.4, -0.2) is 29.2 Å². The van der Waals surface area contributed by atoms with Gasteiger partial charge in [-0.05, 0) is 45.7 Å². The molecular formula is C12H21N3O. The largest absolute Gasteiger partial charge is 0.395 e. The molecule has 90 valence electrons. The van der Waals surface area contributed by atoms with Crippen molar-refractivity contribution < 1.29 is 4.52 Å². The van der Waals surface area contributed by atoms with Gasteiger partial charge in [0.15, 0.2) is 5.76 Å². The lowest BCUT2D eigenvalue weighted by molar-refractivity contribution is 0.146. The molecule has 1 saturated heterocycles. The fourth-order valence-electron chi connectivity index (χ4n) is 2.36. The second-order valence-corrected chi connectivity index (χ2v) is 4.98. The number of anilines is 1. The normalized spacial score (nSPS) is 19.4. The molecule has 2 N–H and O–H groups in total. The Kier molecular flexibility index (Phi) is 3.49. The molecule has 0 atom stereocenters. The zero-order valence-electron chi connectivity index (χ0n) is 10.1. The number of aromatic nitrogens is 1. The van der Waals surface area contributed by atoms with E-state index >= 15 is 0 Å². The molecule has 2 heterocycles. The highest BCUT2D eigenvalue weighted by Gasteiger charge is 2.22. The van der Waals surface area contributed by atoms with Gasteiger partial charge in [0.2, 0.25) is 0 Å². The van der Waals surface area contributed by atoms with Crippen LogP contribution in [0.15, 0.2) is 10.7 Å². The predicted molar refractivity (Wildman–Crippen MR) is 64.1 cm³/mol. The first-order valence-electron chi connectivity index (χ1n) is 6.10. The van der Waals surface area contributed by atoms with Crippen LogP contribution >= 0.6 is 0 Å². The smallest absolute Gasteiger partial charge is 0.159 e. The molecule has 1 aromatic rings. The lowest BCUT2D eigenvalue weighted by Gasteiger charge is -2.34. The Morgan fingerprint density at radius 3 is 2.69 bits per heavy atom. The third-order valence-corrected chi connectivity index (χ3v) is 3.53. The molecule has 0 bridgehead atoms. The maximum absolute atomic E-state index is 5.77. The van der Waals surface area contributed by atoms with Crippen LogP contribution in [0.3, 0.4) is 0 Å².